The number of piperidine rings is 1. The Kier molecular flexibility index (Phi) is 10.4. The summed E-state index contributed by atoms with van der Waals surface area (Å²) in [4.78, 5) is 27.4. The lowest BCUT2D eigenvalue weighted by atomic mass is 9.83. The van der Waals surface area contributed by atoms with E-state index in [0.717, 1.165) is 30.0 Å². The number of carbonyl (C=O) groups excluding carboxylic acids is 2. The number of nitrogens with zero attached hydrogens (tertiary/aromatic N) is 2. The third kappa shape index (κ3) is 7.33. The average Bonchev–Trinajstić information content (AvgIpc) is 2.68. The normalized spacial score (nSPS) is 17.6. The molecule has 1 aliphatic heterocycles. The Morgan fingerprint density at radius 3 is 2.25 bits per heavy atom. The zero-order valence-corrected chi connectivity index (χ0v) is 18.5. The van der Waals surface area contributed by atoms with Gasteiger partial charge in [0.1, 0.15) is 0 Å². The van der Waals surface area contributed by atoms with E-state index in [1.807, 2.05) is 20.8 Å². The number of carbonyl (C=O) groups is 2. The number of amides is 2. The molecule has 0 aromatic carbocycles. The van der Waals surface area contributed by atoms with Gasteiger partial charge in [0.25, 0.3) is 0 Å². The van der Waals surface area contributed by atoms with Crippen LogP contribution in [-0.2, 0) is 19.6 Å². The lowest BCUT2D eigenvalue weighted by molar-refractivity contribution is -0.146. The Hall–Kier alpha value is -1.19. The predicted octanol–water partition coefficient (Wildman–Crippen LogP) is 1.84. The number of hydrogen-bond acceptors (Lipinski definition) is 5. The maximum absolute atomic E-state index is 13.2. The molecule has 0 spiro atoms. The first-order chi connectivity index (χ1) is 13.1. The van der Waals surface area contributed by atoms with Gasteiger partial charge in [0.15, 0.2) is 0 Å². The van der Waals surface area contributed by atoms with E-state index in [4.69, 9.17) is 0 Å². The summed E-state index contributed by atoms with van der Waals surface area (Å²) in [6.45, 7) is 7.03. The summed E-state index contributed by atoms with van der Waals surface area (Å²) in [5.74, 6) is -2.30. The smallest absolute Gasteiger partial charge is 0.248 e. The van der Waals surface area contributed by atoms with Crippen LogP contribution in [-0.4, -0.2) is 67.1 Å². The molecule has 0 aromatic heterocycles. The minimum Gasteiger partial charge on any atom is -0.342 e. The molecule has 1 saturated heterocycles. The van der Waals surface area contributed by atoms with Gasteiger partial charge in [-0.3, -0.25) is 14.8 Å². The molecule has 28 heavy (non-hydrogen) atoms. The minimum atomic E-state index is -3.52. The third-order valence-corrected chi connectivity index (χ3v) is 7.23. The first-order valence-electron chi connectivity index (χ1n) is 10.3. The second-order valence-corrected chi connectivity index (χ2v) is 10.4. The second-order valence-electron chi connectivity index (χ2n) is 8.15. The van der Waals surface area contributed by atoms with Crippen LogP contribution in [0.5, 0.6) is 0 Å². The van der Waals surface area contributed by atoms with Crippen LogP contribution in [0.2, 0.25) is 0 Å². The lowest BCUT2D eigenvalue weighted by Gasteiger charge is -2.35. The highest BCUT2D eigenvalue weighted by molar-refractivity contribution is 7.89. The van der Waals surface area contributed by atoms with Crippen molar-refractivity contribution in [3.05, 3.63) is 0 Å². The van der Waals surface area contributed by atoms with Crippen LogP contribution in [0.15, 0.2) is 0 Å². The number of likely N-dealkylation sites (tertiary alicyclic amines) is 1. The van der Waals surface area contributed by atoms with Gasteiger partial charge in [-0.2, -0.15) is 0 Å². The highest BCUT2D eigenvalue weighted by Crippen LogP contribution is 2.27. The Morgan fingerprint density at radius 2 is 1.75 bits per heavy atom. The van der Waals surface area contributed by atoms with E-state index in [1.165, 1.54) is 7.05 Å². The molecule has 0 bridgehead atoms. The monoisotopic (exact) mass is 419 g/mol. The van der Waals surface area contributed by atoms with Gasteiger partial charge < -0.3 is 4.90 Å². The van der Waals surface area contributed by atoms with Gasteiger partial charge in [-0.25, -0.2) is 18.2 Å². The van der Waals surface area contributed by atoms with Crippen molar-refractivity contribution in [2.45, 2.75) is 59.3 Å². The highest BCUT2D eigenvalue weighted by atomic mass is 32.2. The molecule has 1 fully saturated rings. The number of unbranched alkanes of at least 4 members (excludes halogenated alkanes) is 1. The predicted molar refractivity (Wildman–Crippen MR) is 108 cm³/mol. The second kappa shape index (κ2) is 11.7. The quantitative estimate of drug-likeness (QED) is 0.393. The summed E-state index contributed by atoms with van der Waals surface area (Å²) >= 11 is 0. The van der Waals surface area contributed by atoms with Gasteiger partial charge in [-0.05, 0) is 38.0 Å². The van der Waals surface area contributed by atoms with Crippen molar-refractivity contribution < 1.29 is 23.2 Å². The van der Waals surface area contributed by atoms with Crippen LogP contribution in [0.4, 0.5) is 0 Å². The fourth-order valence-electron chi connectivity index (χ4n) is 3.64. The van der Waals surface area contributed by atoms with Crippen molar-refractivity contribution in [2.75, 3.05) is 32.4 Å². The molecule has 0 aliphatic carbocycles. The van der Waals surface area contributed by atoms with Crippen LogP contribution in [0, 0.1) is 17.8 Å². The lowest BCUT2D eigenvalue weighted by Crippen LogP contribution is -2.49. The van der Waals surface area contributed by atoms with Crippen molar-refractivity contribution in [2.24, 2.45) is 17.8 Å². The largest absolute Gasteiger partial charge is 0.342 e. The van der Waals surface area contributed by atoms with Gasteiger partial charge in [0.05, 0.1) is 17.6 Å². The molecule has 2 atom stereocenters. The Morgan fingerprint density at radius 1 is 1.14 bits per heavy atom. The van der Waals surface area contributed by atoms with Crippen LogP contribution >= 0.6 is 0 Å². The van der Waals surface area contributed by atoms with E-state index in [9.17, 15) is 23.2 Å². The fraction of sp³-hybridized carbons (Fsp3) is 0.895. The third-order valence-electron chi connectivity index (χ3n) is 5.33. The minimum absolute atomic E-state index is 0.00236. The van der Waals surface area contributed by atoms with Crippen molar-refractivity contribution >= 4 is 21.8 Å². The fourth-order valence-corrected chi connectivity index (χ4v) is 5.00. The van der Waals surface area contributed by atoms with Crippen LogP contribution in [0.25, 0.3) is 0 Å². The molecule has 0 radical (unpaired) electrons. The molecule has 1 rings (SSSR count). The van der Waals surface area contributed by atoms with Gasteiger partial charge in [0.2, 0.25) is 21.8 Å². The number of hydrogen-bond donors (Lipinski definition) is 2. The molecular formula is C19H37N3O5S. The van der Waals surface area contributed by atoms with Gasteiger partial charge in [-0.15, -0.1) is 0 Å². The summed E-state index contributed by atoms with van der Waals surface area (Å²) < 4.78 is 26.1. The summed E-state index contributed by atoms with van der Waals surface area (Å²) in [6.07, 6.45) is 4.68. The number of sulfonamides is 1. The maximum Gasteiger partial charge on any atom is 0.248 e. The van der Waals surface area contributed by atoms with Gasteiger partial charge in [-0.1, -0.05) is 27.2 Å². The van der Waals surface area contributed by atoms with Crippen molar-refractivity contribution in [1.82, 2.24) is 14.7 Å². The van der Waals surface area contributed by atoms with Crippen molar-refractivity contribution in [3.63, 3.8) is 0 Å². The first kappa shape index (κ1) is 24.8. The maximum atomic E-state index is 13.2. The number of rotatable bonds is 11. The van der Waals surface area contributed by atoms with E-state index in [-0.39, 0.29) is 24.1 Å². The average molecular weight is 420 g/mol. The van der Waals surface area contributed by atoms with Crippen molar-refractivity contribution in [1.29, 1.82) is 0 Å². The topological polar surface area (TPSA) is 107 Å². The Balaban J connectivity index is 3.09. The first-order valence-corrected chi connectivity index (χ1v) is 11.9. The number of nitrogens with one attached hydrogen (secondary N) is 1. The van der Waals surface area contributed by atoms with Crippen LogP contribution in [0.1, 0.15) is 59.3 Å². The summed E-state index contributed by atoms with van der Waals surface area (Å²) in [5.41, 5.74) is 1.65. The number of hydroxylamine groups is 1. The molecule has 0 saturated carbocycles. The molecule has 0 aromatic rings. The van der Waals surface area contributed by atoms with E-state index in [2.05, 4.69) is 0 Å². The Labute approximate surface area is 169 Å². The van der Waals surface area contributed by atoms with E-state index in [1.54, 1.807) is 10.4 Å². The standard InChI is InChI=1S/C19H37N3O5S/c1-5-6-12-28(26,27)21(4)14-17(18(23)20-25)16(13-15(2)3)19(24)22-10-8-7-9-11-22/h15-17,25H,5-14H2,1-4H3,(H,20,23)/t16-,17+/m1/s1. The highest BCUT2D eigenvalue weighted by Gasteiger charge is 2.39. The molecule has 8 nitrogen and oxygen atoms in total. The van der Waals surface area contributed by atoms with Gasteiger partial charge >= 0.3 is 0 Å². The summed E-state index contributed by atoms with van der Waals surface area (Å²) in [5, 5.41) is 9.25. The van der Waals surface area contributed by atoms with E-state index < -0.39 is 27.8 Å². The SMILES string of the molecule is CCCCS(=O)(=O)N(C)C[C@H](C(=O)NO)[C@@H](CC(C)C)C(=O)N1CCCCC1. The zero-order valence-electron chi connectivity index (χ0n) is 17.7. The zero-order chi connectivity index (χ0) is 21.3. The summed E-state index contributed by atoms with van der Waals surface area (Å²) in [6, 6.07) is 0. The Bertz CT molecular complexity index is 603. The van der Waals surface area contributed by atoms with E-state index >= 15 is 0 Å². The molecule has 1 aliphatic rings. The van der Waals surface area contributed by atoms with Crippen molar-refractivity contribution in [3.8, 4) is 0 Å². The molecule has 1 heterocycles. The molecule has 164 valence electrons. The van der Waals surface area contributed by atoms with Crippen LogP contribution in [0.3, 0.4) is 0 Å². The molecule has 0 unspecified atom stereocenters. The molecule has 2 amide bonds. The van der Waals surface area contributed by atoms with Gasteiger partial charge in [0, 0.05) is 26.7 Å². The molecular weight excluding hydrogens is 382 g/mol. The van der Waals surface area contributed by atoms with Crippen LogP contribution < -0.4 is 5.48 Å². The molecule has 2 N–H and O–H groups in total. The van der Waals surface area contributed by atoms with E-state index in [0.29, 0.717) is 25.9 Å². The molecule has 9 heteroatoms. The summed E-state index contributed by atoms with van der Waals surface area (Å²) in [7, 11) is -2.09.